The largest absolute Gasteiger partial charge is 0.396 e. The van der Waals surface area contributed by atoms with Crippen LogP contribution in [0, 0.1) is 0 Å². The van der Waals surface area contributed by atoms with Gasteiger partial charge >= 0.3 is 0 Å². The summed E-state index contributed by atoms with van der Waals surface area (Å²) < 4.78 is 10.9. The molecule has 0 aliphatic carbocycles. The van der Waals surface area contributed by atoms with Crippen molar-refractivity contribution in [2.45, 2.75) is 43.9 Å². The number of morpholine rings is 1. The molecule has 0 amide bonds. The number of rotatable bonds is 3. The standard InChI is InChI=1S/C12H21N3O5/c16-4-3-7-5-15(12(18)20-7)9-2-1-8-11(13-9)14-10(17)6-19-8/h2,7-8,10-14,16-18H,1,3-6H2/t7?,8-,10-,11-,12+/m1/s1. The van der Waals surface area contributed by atoms with Crippen LogP contribution in [-0.2, 0) is 9.47 Å². The van der Waals surface area contributed by atoms with Gasteiger partial charge in [-0.1, -0.05) is 0 Å². The van der Waals surface area contributed by atoms with Gasteiger partial charge in [0.15, 0.2) is 0 Å². The SMILES string of the molecule is OCCC1CN(C2=CC[C@H]3OC[C@@H](O)N[C@H]3N2)[C@@H](O)O1. The van der Waals surface area contributed by atoms with Crippen molar-refractivity contribution < 1.29 is 24.8 Å². The molecule has 3 rings (SSSR count). The lowest BCUT2D eigenvalue weighted by Gasteiger charge is -2.41. The molecule has 8 heteroatoms. The Bertz CT molecular complexity index is 380. The maximum Gasteiger partial charge on any atom is 0.239 e. The van der Waals surface area contributed by atoms with E-state index in [4.69, 9.17) is 14.6 Å². The molecule has 2 saturated heterocycles. The van der Waals surface area contributed by atoms with Gasteiger partial charge in [-0.15, -0.1) is 0 Å². The van der Waals surface area contributed by atoms with Crippen LogP contribution < -0.4 is 10.6 Å². The summed E-state index contributed by atoms with van der Waals surface area (Å²) in [6, 6.07) is 0. The first-order valence-corrected chi connectivity index (χ1v) is 6.91. The second kappa shape index (κ2) is 5.84. The first kappa shape index (κ1) is 14.1. The Labute approximate surface area is 117 Å². The molecule has 0 bridgehead atoms. The van der Waals surface area contributed by atoms with Gasteiger partial charge in [0.25, 0.3) is 0 Å². The fourth-order valence-corrected chi connectivity index (χ4v) is 2.78. The highest BCUT2D eigenvalue weighted by Crippen LogP contribution is 2.25. The van der Waals surface area contributed by atoms with Crippen LogP contribution in [0.25, 0.3) is 0 Å². The van der Waals surface area contributed by atoms with Gasteiger partial charge in [0, 0.05) is 6.61 Å². The van der Waals surface area contributed by atoms with Gasteiger partial charge in [-0.05, 0) is 18.9 Å². The van der Waals surface area contributed by atoms with Gasteiger partial charge in [-0.25, -0.2) is 0 Å². The maximum atomic E-state index is 9.93. The van der Waals surface area contributed by atoms with Crippen molar-refractivity contribution >= 4 is 0 Å². The molecule has 20 heavy (non-hydrogen) atoms. The number of nitrogens with one attached hydrogen (secondary N) is 2. The van der Waals surface area contributed by atoms with Gasteiger partial charge in [-0.2, -0.15) is 0 Å². The lowest BCUT2D eigenvalue weighted by Crippen LogP contribution is -2.62. The lowest BCUT2D eigenvalue weighted by molar-refractivity contribution is -0.147. The van der Waals surface area contributed by atoms with E-state index in [0.29, 0.717) is 19.4 Å². The summed E-state index contributed by atoms with van der Waals surface area (Å²) in [5, 5.41) is 34.6. The van der Waals surface area contributed by atoms with Crippen molar-refractivity contribution in [3.63, 3.8) is 0 Å². The topological polar surface area (TPSA) is 106 Å². The first-order chi connectivity index (χ1) is 9.67. The molecule has 114 valence electrons. The van der Waals surface area contributed by atoms with Crippen molar-refractivity contribution in [3.8, 4) is 0 Å². The van der Waals surface area contributed by atoms with E-state index in [9.17, 15) is 10.2 Å². The van der Waals surface area contributed by atoms with Gasteiger partial charge in [0.2, 0.25) is 6.41 Å². The van der Waals surface area contributed by atoms with Crippen molar-refractivity contribution in [1.29, 1.82) is 0 Å². The van der Waals surface area contributed by atoms with Crippen LogP contribution in [0.1, 0.15) is 12.8 Å². The number of hydrogen-bond donors (Lipinski definition) is 5. The minimum Gasteiger partial charge on any atom is -0.396 e. The van der Waals surface area contributed by atoms with Crippen molar-refractivity contribution in [2.24, 2.45) is 0 Å². The number of hydrogen-bond acceptors (Lipinski definition) is 8. The van der Waals surface area contributed by atoms with Crippen LogP contribution in [0.15, 0.2) is 11.9 Å². The summed E-state index contributed by atoms with van der Waals surface area (Å²) in [6.07, 6.45) is 1.03. The molecular formula is C12H21N3O5. The van der Waals surface area contributed by atoms with Crippen LogP contribution in [0.5, 0.6) is 0 Å². The van der Waals surface area contributed by atoms with E-state index in [1.165, 1.54) is 0 Å². The molecule has 5 N–H and O–H groups in total. The zero-order valence-electron chi connectivity index (χ0n) is 11.1. The molecule has 0 radical (unpaired) electrons. The predicted octanol–water partition coefficient (Wildman–Crippen LogP) is -2.19. The molecule has 8 nitrogen and oxygen atoms in total. The Balaban J connectivity index is 1.64. The molecule has 1 unspecified atom stereocenters. The number of aliphatic hydroxyl groups is 3. The number of aliphatic hydroxyl groups excluding tert-OH is 3. The maximum absolute atomic E-state index is 9.93. The summed E-state index contributed by atoms with van der Waals surface area (Å²) in [4.78, 5) is 1.71. The van der Waals surface area contributed by atoms with Crippen LogP contribution in [0.2, 0.25) is 0 Å². The fourth-order valence-electron chi connectivity index (χ4n) is 2.78. The summed E-state index contributed by atoms with van der Waals surface area (Å²) >= 11 is 0. The van der Waals surface area contributed by atoms with E-state index in [-0.39, 0.29) is 31.6 Å². The van der Waals surface area contributed by atoms with Crippen LogP contribution in [-0.4, -0.2) is 71.0 Å². The predicted molar refractivity (Wildman–Crippen MR) is 67.8 cm³/mol. The van der Waals surface area contributed by atoms with Gasteiger partial charge < -0.3 is 35.0 Å². The average molecular weight is 287 g/mol. The van der Waals surface area contributed by atoms with Gasteiger partial charge in [0.05, 0.1) is 25.4 Å². The minimum atomic E-state index is -1.02. The lowest BCUT2D eigenvalue weighted by atomic mass is 10.1. The molecular weight excluding hydrogens is 266 g/mol. The van der Waals surface area contributed by atoms with Crippen molar-refractivity contribution in [2.75, 3.05) is 19.8 Å². The van der Waals surface area contributed by atoms with Gasteiger partial charge in [0.1, 0.15) is 18.2 Å². The number of fused-ring (bicyclic) bond motifs is 1. The summed E-state index contributed by atoms with van der Waals surface area (Å²) in [5.41, 5.74) is 0. The summed E-state index contributed by atoms with van der Waals surface area (Å²) in [7, 11) is 0. The van der Waals surface area contributed by atoms with Crippen molar-refractivity contribution in [3.05, 3.63) is 11.9 Å². The van der Waals surface area contributed by atoms with Crippen LogP contribution in [0.4, 0.5) is 0 Å². The van der Waals surface area contributed by atoms with E-state index in [0.717, 1.165) is 5.82 Å². The Kier molecular flexibility index (Phi) is 4.11. The van der Waals surface area contributed by atoms with Crippen molar-refractivity contribution in [1.82, 2.24) is 15.5 Å². The third kappa shape index (κ3) is 2.76. The Hall–Kier alpha value is -0.900. The molecule has 2 fully saturated rings. The molecule has 3 aliphatic heterocycles. The van der Waals surface area contributed by atoms with E-state index in [2.05, 4.69) is 10.6 Å². The van der Waals surface area contributed by atoms with Crippen LogP contribution in [0.3, 0.4) is 0 Å². The zero-order valence-corrected chi connectivity index (χ0v) is 11.1. The quantitative estimate of drug-likeness (QED) is 0.399. The van der Waals surface area contributed by atoms with Crippen LogP contribution >= 0.6 is 0 Å². The van der Waals surface area contributed by atoms with E-state index < -0.39 is 12.6 Å². The Morgan fingerprint density at radius 1 is 1.40 bits per heavy atom. The van der Waals surface area contributed by atoms with E-state index in [1.54, 1.807) is 4.90 Å². The highest BCUT2D eigenvalue weighted by molar-refractivity contribution is 5.10. The molecule has 3 heterocycles. The number of nitrogens with zero attached hydrogens (tertiary/aromatic N) is 1. The summed E-state index contributed by atoms with van der Waals surface area (Å²) in [5.74, 6) is 0.754. The highest BCUT2D eigenvalue weighted by atomic mass is 16.6. The van der Waals surface area contributed by atoms with Gasteiger partial charge in [-0.3, -0.25) is 5.32 Å². The molecule has 0 aromatic carbocycles. The third-order valence-corrected chi connectivity index (χ3v) is 3.80. The monoisotopic (exact) mass is 287 g/mol. The minimum absolute atomic E-state index is 0.0314. The third-order valence-electron chi connectivity index (χ3n) is 3.80. The molecule has 0 aromatic rings. The smallest absolute Gasteiger partial charge is 0.239 e. The molecule has 3 aliphatic rings. The zero-order chi connectivity index (χ0) is 14.1. The highest BCUT2D eigenvalue weighted by Gasteiger charge is 2.38. The van der Waals surface area contributed by atoms with E-state index >= 15 is 0 Å². The fraction of sp³-hybridized carbons (Fsp3) is 0.833. The Morgan fingerprint density at radius 3 is 3.05 bits per heavy atom. The molecule has 0 spiro atoms. The second-order valence-electron chi connectivity index (χ2n) is 5.25. The number of ether oxygens (including phenoxy) is 2. The molecule has 5 atom stereocenters. The molecule has 0 saturated carbocycles. The summed E-state index contributed by atoms with van der Waals surface area (Å²) in [6.45, 7) is 0.825. The van der Waals surface area contributed by atoms with E-state index in [1.807, 2.05) is 6.08 Å². The second-order valence-corrected chi connectivity index (χ2v) is 5.25. The average Bonchev–Trinajstić information content (AvgIpc) is 2.79. The molecule has 0 aromatic heterocycles. The normalized spacial score (nSPS) is 41.0. The Morgan fingerprint density at radius 2 is 2.25 bits per heavy atom. The first-order valence-electron chi connectivity index (χ1n) is 6.91.